The minimum Gasteiger partial charge on any atom is -0.444 e. The summed E-state index contributed by atoms with van der Waals surface area (Å²) in [6.07, 6.45) is 2.63. The molecule has 0 radical (unpaired) electrons. The molecule has 0 saturated carbocycles. The van der Waals surface area contributed by atoms with Crippen LogP contribution in [0.4, 0.5) is 4.39 Å². The van der Waals surface area contributed by atoms with Crippen LogP contribution >= 0.6 is 0 Å². The molecule has 0 spiro atoms. The Hall–Kier alpha value is -2.47. The lowest BCUT2D eigenvalue weighted by Gasteiger charge is -2.34. The van der Waals surface area contributed by atoms with Crippen molar-refractivity contribution in [2.45, 2.75) is 32.9 Å². The Labute approximate surface area is 139 Å². The number of aryl methyl sites for hydroxylation is 2. The molecule has 6 heteroatoms. The van der Waals surface area contributed by atoms with Gasteiger partial charge in [0.05, 0.1) is 30.3 Å². The molecule has 1 aromatic carbocycles. The number of hydrogen-bond acceptors (Lipinski definition) is 4. The number of aromatic amines is 1. The number of benzene rings is 1. The highest BCUT2D eigenvalue weighted by molar-refractivity contribution is 5.33. The van der Waals surface area contributed by atoms with Gasteiger partial charge in [-0.3, -0.25) is 4.90 Å². The van der Waals surface area contributed by atoms with E-state index in [1.165, 1.54) is 12.1 Å². The van der Waals surface area contributed by atoms with E-state index >= 15 is 0 Å². The summed E-state index contributed by atoms with van der Waals surface area (Å²) < 4.78 is 19.1. The van der Waals surface area contributed by atoms with Gasteiger partial charge in [-0.05, 0) is 24.6 Å². The topological polar surface area (TPSA) is 58.0 Å². The van der Waals surface area contributed by atoms with Crippen LogP contribution in [0.1, 0.15) is 40.3 Å². The van der Waals surface area contributed by atoms with Crippen LogP contribution in [0.25, 0.3) is 0 Å². The Balaban J connectivity index is 1.72. The third-order valence-electron chi connectivity index (χ3n) is 4.56. The highest BCUT2D eigenvalue weighted by Gasteiger charge is 2.32. The van der Waals surface area contributed by atoms with Crippen LogP contribution in [0.5, 0.6) is 0 Å². The lowest BCUT2D eigenvalue weighted by atomic mass is 9.95. The van der Waals surface area contributed by atoms with Gasteiger partial charge in [0.25, 0.3) is 0 Å². The zero-order valence-electron chi connectivity index (χ0n) is 13.7. The average molecular weight is 326 g/mol. The second-order valence-corrected chi connectivity index (χ2v) is 6.18. The number of oxazole rings is 1. The SMILES string of the molecule is Cc1nc(C)c(CN2CCc3[nH]cnc3C2c2ccc(F)cc2)o1. The first-order valence-electron chi connectivity index (χ1n) is 8.06. The van der Waals surface area contributed by atoms with E-state index in [2.05, 4.69) is 19.9 Å². The maximum absolute atomic E-state index is 13.3. The van der Waals surface area contributed by atoms with Crippen molar-refractivity contribution in [3.63, 3.8) is 0 Å². The number of rotatable bonds is 3. The van der Waals surface area contributed by atoms with E-state index in [9.17, 15) is 4.39 Å². The maximum Gasteiger partial charge on any atom is 0.191 e. The van der Waals surface area contributed by atoms with Gasteiger partial charge in [-0.25, -0.2) is 14.4 Å². The molecule has 0 bridgehead atoms. The Morgan fingerprint density at radius 1 is 1.29 bits per heavy atom. The van der Waals surface area contributed by atoms with Gasteiger partial charge in [0.1, 0.15) is 11.6 Å². The Kier molecular flexibility index (Phi) is 3.69. The molecular formula is C18H19FN4O. The summed E-state index contributed by atoms with van der Waals surface area (Å²) >= 11 is 0. The van der Waals surface area contributed by atoms with Crippen LogP contribution in [0.2, 0.25) is 0 Å². The van der Waals surface area contributed by atoms with Crippen molar-refractivity contribution in [3.8, 4) is 0 Å². The summed E-state index contributed by atoms with van der Waals surface area (Å²) in [7, 11) is 0. The third kappa shape index (κ3) is 2.63. The summed E-state index contributed by atoms with van der Waals surface area (Å²) in [5.41, 5.74) is 4.09. The standard InChI is InChI=1S/C18H19FN4O/c1-11-16(24-12(2)22-11)9-23-8-7-15-17(21-10-20-15)18(23)13-3-5-14(19)6-4-13/h3-6,10,18H,7-9H2,1-2H3,(H,20,21). The van der Waals surface area contributed by atoms with Crippen molar-refractivity contribution < 1.29 is 8.81 Å². The van der Waals surface area contributed by atoms with Crippen LogP contribution < -0.4 is 0 Å². The van der Waals surface area contributed by atoms with Crippen molar-refractivity contribution in [2.75, 3.05) is 6.54 Å². The Morgan fingerprint density at radius 2 is 2.08 bits per heavy atom. The monoisotopic (exact) mass is 326 g/mol. The van der Waals surface area contributed by atoms with E-state index in [1.54, 1.807) is 6.33 Å². The molecule has 1 N–H and O–H groups in total. The minimum atomic E-state index is -0.231. The predicted octanol–water partition coefficient (Wildman–Crippen LogP) is 3.30. The quantitative estimate of drug-likeness (QED) is 0.802. The largest absolute Gasteiger partial charge is 0.444 e. The molecule has 0 fully saturated rings. The molecule has 3 aromatic rings. The van der Waals surface area contributed by atoms with Gasteiger partial charge < -0.3 is 9.40 Å². The number of nitrogens with one attached hydrogen (secondary N) is 1. The minimum absolute atomic E-state index is 0.0228. The third-order valence-corrected chi connectivity index (χ3v) is 4.56. The molecule has 0 amide bonds. The Bertz CT molecular complexity index is 852. The van der Waals surface area contributed by atoms with Crippen LogP contribution in [0.15, 0.2) is 35.0 Å². The highest BCUT2D eigenvalue weighted by atomic mass is 19.1. The summed E-state index contributed by atoms with van der Waals surface area (Å²) in [5.74, 6) is 1.32. The second-order valence-electron chi connectivity index (χ2n) is 6.18. The number of aromatic nitrogens is 3. The zero-order chi connectivity index (χ0) is 16.7. The molecule has 2 aromatic heterocycles. The lowest BCUT2D eigenvalue weighted by molar-refractivity contribution is 0.183. The van der Waals surface area contributed by atoms with Gasteiger partial charge in [-0.2, -0.15) is 0 Å². The van der Waals surface area contributed by atoms with Crippen molar-refractivity contribution in [2.24, 2.45) is 0 Å². The fourth-order valence-corrected chi connectivity index (χ4v) is 3.41. The first-order chi connectivity index (χ1) is 11.6. The molecule has 1 unspecified atom stereocenters. The average Bonchev–Trinajstić information content (AvgIpc) is 3.15. The smallest absolute Gasteiger partial charge is 0.191 e. The van der Waals surface area contributed by atoms with Gasteiger partial charge in [0.15, 0.2) is 5.89 Å². The lowest BCUT2D eigenvalue weighted by Crippen LogP contribution is -2.36. The highest BCUT2D eigenvalue weighted by Crippen LogP contribution is 2.34. The molecule has 1 aliphatic rings. The van der Waals surface area contributed by atoms with Crippen LogP contribution in [0.3, 0.4) is 0 Å². The molecule has 4 rings (SSSR count). The number of H-pyrrole nitrogens is 1. The fourth-order valence-electron chi connectivity index (χ4n) is 3.41. The number of imidazole rings is 1. The molecule has 124 valence electrons. The molecule has 3 heterocycles. The van der Waals surface area contributed by atoms with Gasteiger partial charge >= 0.3 is 0 Å². The van der Waals surface area contributed by atoms with Crippen molar-refractivity contribution in [1.29, 1.82) is 0 Å². The number of hydrogen-bond donors (Lipinski definition) is 1. The normalized spacial score (nSPS) is 17.9. The number of halogens is 1. The van der Waals surface area contributed by atoms with E-state index in [4.69, 9.17) is 4.42 Å². The molecule has 0 saturated heterocycles. The van der Waals surface area contributed by atoms with Crippen molar-refractivity contribution in [3.05, 3.63) is 70.7 Å². The Morgan fingerprint density at radius 3 is 2.79 bits per heavy atom. The van der Waals surface area contributed by atoms with Crippen molar-refractivity contribution >= 4 is 0 Å². The predicted molar refractivity (Wildman–Crippen MR) is 86.9 cm³/mol. The molecule has 0 aliphatic carbocycles. The van der Waals surface area contributed by atoms with Crippen LogP contribution in [-0.4, -0.2) is 26.4 Å². The zero-order valence-corrected chi connectivity index (χ0v) is 13.7. The van der Waals surface area contributed by atoms with Crippen LogP contribution in [0, 0.1) is 19.7 Å². The van der Waals surface area contributed by atoms with E-state index in [1.807, 2.05) is 26.0 Å². The second kappa shape index (κ2) is 5.87. The van der Waals surface area contributed by atoms with Gasteiger partial charge in [0, 0.05) is 25.6 Å². The fraction of sp³-hybridized carbons (Fsp3) is 0.333. The van der Waals surface area contributed by atoms with Gasteiger partial charge in [-0.15, -0.1) is 0 Å². The first kappa shape index (κ1) is 15.1. The summed E-state index contributed by atoms with van der Waals surface area (Å²) in [4.78, 5) is 14.4. The van der Waals surface area contributed by atoms with Gasteiger partial charge in [0.2, 0.25) is 0 Å². The van der Waals surface area contributed by atoms with Crippen LogP contribution in [-0.2, 0) is 13.0 Å². The summed E-state index contributed by atoms with van der Waals surface area (Å²) in [5, 5.41) is 0. The van der Waals surface area contributed by atoms with E-state index in [0.29, 0.717) is 12.4 Å². The first-order valence-corrected chi connectivity index (χ1v) is 8.06. The summed E-state index contributed by atoms with van der Waals surface area (Å²) in [6, 6.07) is 6.63. The van der Waals surface area contributed by atoms with E-state index < -0.39 is 0 Å². The number of nitrogens with zero attached hydrogens (tertiary/aromatic N) is 3. The van der Waals surface area contributed by atoms with Crippen molar-refractivity contribution in [1.82, 2.24) is 19.9 Å². The maximum atomic E-state index is 13.3. The van der Waals surface area contributed by atoms with Gasteiger partial charge in [-0.1, -0.05) is 12.1 Å². The molecule has 1 aliphatic heterocycles. The molecule has 5 nitrogen and oxygen atoms in total. The molecule has 24 heavy (non-hydrogen) atoms. The molecular weight excluding hydrogens is 307 g/mol. The summed E-state index contributed by atoms with van der Waals surface area (Å²) in [6.45, 7) is 5.34. The van der Waals surface area contributed by atoms with E-state index in [0.717, 1.165) is 41.4 Å². The number of fused-ring (bicyclic) bond motifs is 1. The molecule has 1 atom stereocenters. The van der Waals surface area contributed by atoms with E-state index in [-0.39, 0.29) is 11.9 Å².